The number of ether oxygens (including phenoxy) is 1. The van der Waals surface area contributed by atoms with Gasteiger partial charge in [0.15, 0.2) is 0 Å². The van der Waals surface area contributed by atoms with Crippen LogP contribution in [0.1, 0.15) is 12.8 Å². The summed E-state index contributed by atoms with van der Waals surface area (Å²) in [5, 5.41) is 1.93. The van der Waals surface area contributed by atoms with Gasteiger partial charge in [0.25, 0.3) is 0 Å². The van der Waals surface area contributed by atoms with Crippen molar-refractivity contribution in [2.75, 3.05) is 6.61 Å². The minimum Gasteiger partial charge on any atom is -0.365 e. The minimum atomic E-state index is -3.68. The van der Waals surface area contributed by atoms with E-state index in [0.717, 1.165) is 12.8 Å². The second-order valence-corrected chi connectivity index (χ2v) is 4.48. The first-order chi connectivity index (χ1) is 5.08. The number of rotatable bonds is 0. The van der Waals surface area contributed by atoms with Crippen LogP contribution in [-0.4, -0.2) is 21.1 Å². The van der Waals surface area contributed by atoms with Gasteiger partial charge in [0.1, 0.15) is 6.10 Å². The molecule has 3 nitrogen and oxygen atoms in total. The molecule has 1 saturated heterocycles. The summed E-state index contributed by atoms with van der Waals surface area (Å²) < 4.78 is 25.7. The van der Waals surface area contributed by atoms with Crippen molar-refractivity contribution in [3.05, 3.63) is 0 Å². The molecular weight excluding hydrogens is 188 g/mol. The summed E-state index contributed by atoms with van der Waals surface area (Å²) in [6, 6.07) is 0. The molecule has 0 spiro atoms. The Labute approximate surface area is 70.1 Å². The second kappa shape index (κ2) is 3.44. The third kappa shape index (κ3) is 3.61. The molecule has 0 radical (unpaired) electrons. The lowest BCUT2D eigenvalue weighted by Gasteiger charge is -1.95. The molecule has 1 rings (SSSR count). The molecule has 1 aliphatic rings. The van der Waals surface area contributed by atoms with Crippen LogP contribution in [0.25, 0.3) is 0 Å². The molecule has 11 heavy (non-hydrogen) atoms. The molecule has 0 aromatic carbocycles. The maximum atomic E-state index is 10.3. The van der Waals surface area contributed by atoms with E-state index < -0.39 is 9.05 Å². The van der Waals surface area contributed by atoms with E-state index >= 15 is 0 Å². The van der Waals surface area contributed by atoms with E-state index in [0.29, 0.717) is 6.61 Å². The quantitative estimate of drug-likeness (QED) is 0.421. The monoisotopic (exact) mass is 194 g/mol. The molecule has 0 aromatic rings. The Balaban J connectivity index is 2.56. The molecule has 0 aromatic heterocycles. The van der Waals surface area contributed by atoms with Crippen molar-refractivity contribution in [2.24, 2.45) is 0 Å². The summed E-state index contributed by atoms with van der Waals surface area (Å²) in [6.45, 7) is 0.654. The summed E-state index contributed by atoms with van der Waals surface area (Å²) in [5.74, 6) is 2.43. The number of hydrogen-bond acceptors (Lipinski definition) is 3. The largest absolute Gasteiger partial charge is 0.365 e. The Morgan fingerprint density at radius 1 is 1.55 bits per heavy atom. The predicted molar refractivity (Wildman–Crippen MR) is 41.5 cm³/mol. The molecule has 0 aliphatic carbocycles. The predicted octanol–water partition coefficient (Wildman–Crippen LogP) is 0.695. The fraction of sp³-hybridized carbons (Fsp3) is 0.667. The van der Waals surface area contributed by atoms with Crippen LogP contribution in [0.4, 0.5) is 0 Å². The van der Waals surface area contributed by atoms with E-state index in [1.54, 1.807) is 0 Å². The van der Waals surface area contributed by atoms with Crippen LogP contribution < -0.4 is 0 Å². The first kappa shape index (κ1) is 8.85. The van der Waals surface area contributed by atoms with Crippen molar-refractivity contribution in [1.29, 1.82) is 0 Å². The molecule has 1 atom stereocenters. The van der Waals surface area contributed by atoms with Crippen LogP contribution >= 0.6 is 10.7 Å². The van der Waals surface area contributed by atoms with E-state index in [-0.39, 0.29) is 6.10 Å². The second-order valence-electron chi connectivity index (χ2n) is 2.19. The van der Waals surface area contributed by atoms with E-state index in [9.17, 15) is 8.42 Å². The van der Waals surface area contributed by atoms with Gasteiger partial charge in [-0.2, -0.15) is 8.42 Å². The molecule has 1 heterocycles. The van der Waals surface area contributed by atoms with Crippen molar-refractivity contribution in [2.45, 2.75) is 18.9 Å². The highest BCUT2D eigenvalue weighted by molar-refractivity contribution is 8.17. The van der Waals surface area contributed by atoms with Gasteiger partial charge in [-0.1, -0.05) is 5.92 Å². The van der Waals surface area contributed by atoms with Gasteiger partial charge in [-0.25, -0.2) is 0 Å². The van der Waals surface area contributed by atoms with Gasteiger partial charge in [-0.15, -0.1) is 0 Å². The first-order valence-corrected chi connectivity index (χ1v) is 5.47. The Kier molecular flexibility index (Phi) is 2.77. The zero-order valence-corrected chi connectivity index (χ0v) is 7.28. The van der Waals surface area contributed by atoms with Gasteiger partial charge < -0.3 is 4.74 Å². The summed E-state index contributed by atoms with van der Waals surface area (Å²) in [4.78, 5) is 0. The van der Waals surface area contributed by atoms with Crippen molar-refractivity contribution < 1.29 is 13.2 Å². The number of hydrogen-bond donors (Lipinski definition) is 0. The zero-order valence-electron chi connectivity index (χ0n) is 5.71. The van der Waals surface area contributed by atoms with Crippen LogP contribution in [0.5, 0.6) is 0 Å². The number of halogens is 1. The maximum Gasteiger partial charge on any atom is 0.300 e. The summed E-state index contributed by atoms with van der Waals surface area (Å²) in [5.41, 5.74) is 0. The normalized spacial score (nSPS) is 24.3. The van der Waals surface area contributed by atoms with Crippen LogP contribution in [-0.2, 0) is 13.8 Å². The van der Waals surface area contributed by atoms with Crippen molar-refractivity contribution in [3.8, 4) is 11.2 Å². The van der Waals surface area contributed by atoms with Gasteiger partial charge in [0.2, 0.25) is 0 Å². The molecule has 0 amide bonds. The molecule has 5 heteroatoms. The lowest BCUT2D eigenvalue weighted by atomic mass is 10.2. The standard InChI is InChI=1S/C6H7ClO3S/c7-11(8,9)5-3-6-2-1-4-10-6/h6H,1-2,4H2. The van der Waals surface area contributed by atoms with E-state index in [1.165, 1.54) is 0 Å². The molecule has 0 N–H and O–H groups in total. The van der Waals surface area contributed by atoms with Crippen LogP contribution in [0.15, 0.2) is 0 Å². The van der Waals surface area contributed by atoms with Crippen molar-refractivity contribution in [1.82, 2.24) is 0 Å². The van der Waals surface area contributed by atoms with Crippen LogP contribution in [0.3, 0.4) is 0 Å². The molecule has 1 unspecified atom stereocenters. The third-order valence-corrected chi connectivity index (χ3v) is 1.86. The van der Waals surface area contributed by atoms with Gasteiger partial charge in [-0.3, -0.25) is 0 Å². The van der Waals surface area contributed by atoms with Gasteiger partial charge in [0.05, 0.1) is 0 Å². The average Bonchev–Trinajstić information content (AvgIpc) is 2.32. The Morgan fingerprint density at radius 2 is 2.27 bits per heavy atom. The molecule has 0 saturated carbocycles. The molecule has 62 valence electrons. The minimum absolute atomic E-state index is 0.247. The molecule has 0 bridgehead atoms. The lowest BCUT2D eigenvalue weighted by molar-refractivity contribution is 0.152. The SMILES string of the molecule is O=S(=O)(Cl)C#CC1CCCO1. The highest BCUT2D eigenvalue weighted by Crippen LogP contribution is 2.10. The Bertz CT molecular complexity index is 279. The van der Waals surface area contributed by atoms with Gasteiger partial charge in [0, 0.05) is 22.5 Å². The molecule has 1 aliphatic heterocycles. The van der Waals surface area contributed by atoms with Gasteiger partial charge >= 0.3 is 9.05 Å². The summed E-state index contributed by atoms with van der Waals surface area (Å²) in [6.07, 6.45) is 1.48. The maximum absolute atomic E-state index is 10.3. The zero-order chi connectivity index (χ0) is 8.32. The highest BCUT2D eigenvalue weighted by Gasteiger charge is 2.12. The topological polar surface area (TPSA) is 43.4 Å². The van der Waals surface area contributed by atoms with E-state index in [2.05, 4.69) is 5.92 Å². The van der Waals surface area contributed by atoms with E-state index in [1.807, 2.05) is 5.25 Å². The smallest absolute Gasteiger partial charge is 0.300 e. The third-order valence-electron chi connectivity index (χ3n) is 1.27. The molecule has 1 fully saturated rings. The molecular formula is C6H7ClO3S. The van der Waals surface area contributed by atoms with E-state index in [4.69, 9.17) is 15.4 Å². The fourth-order valence-electron chi connectivity index (χ4n) is 0.828. The first-order valence-electron chi connectivity index (χ1n) is 3.16. The summed E-state index contributed by atoms with van der Waals surface area (Å²) >= 11 is 0. The summed E-state index contributed by atoms with van der Waals surface area (Å²) in [7, 11) is 1.17. The Morgan fingerprint density at radius 3 is 2.73 bits per heavy atom. The highest BCUT2D eigenvalue weighted by atomic mass is 35.7. The Hall–Kier alpha value is -0.240. The van der Waals surface area contributed by atoms with Gasteiger partial charge in [-0.05, 0) is 12.8 Å². The van der Waals surface area contributed by atoms with Crippen molar-refractivity contribution >= 4 is 19.7 Å². The fourth-order valence-corrected chi connectivity index (χ4v) is 1.23. The average molecular weight is 195 g/mol. The van der Waals surface area contributed by atoms with Crippen LogP contribution in [0, 0.1) is 11.2 Å². The van der Waals surface area contributed by atoms with Crippen LogP contribution in [0.2, 0.25) is 0 Å². The van der Waals surface area contributed by atoms with Crippen molar-refractivity contribution in [3.63, 3.8) is 0 Å². The lowest BCUT2D eigenvalue weighted by Crippen LogP contribution is -2.00.